The quantitative estimate of drug-likeness (QED) is 0.555. The fourth-order valence-electron chi connectivity index (χ4n) is 2.83. The zero-order valence-corrected chi connectivity index (χ0v) is 15.2. The molecule has 0 spiro atoms. The van der Waals surface area contributed by atoms with Crippen LogP contribution in [0.25, 0.3) is 5.52 Å². The van der Waals surface area contributed by atoms with Crippen molar-refractivity contribution in [1.29, 1.82) is 5.26 Å². The topological polar surface area (TPSA) is 125 Å². The van der Waals surface area contributed by atoms with E-state index in [1.165, 1.54) is 4.40 Å². The fraction of sp³-hybridized carbons (Fsp3) is 0.0500. The molecule has 0 saturated heterocycles. The molecular weight excluding hydrogens is 372 g/mol. The Kier molecular flexibility index (Phi) is 4.50. The first-order valence-electron chi connectivity index (χ1n) is 8.59. The Hall–Kier alpha value is -4.45. The van der Waals surface area contributed by atoms with Gasteiger partial charge in [0.25, 0.3) is 11.8 Å². The van der Waals surface area contributed by atoms with Gasteiger partial charge in [-0.15, -0.1) is 0 Å². The van der Waals surface area contributed by atoms with Crippen molar-refractivity contribution in [2.75, 3.05) is 10.6 Å². The van der Waals surface area contributed by atoms with Gasteiger partial charge < -0.3 is 15.2 Å². The number of aryl methyl sites for hydroxylation is 1. The highest BCUT2D eigenvalue weighted by atomic mass is 16.5. The number of anilines is 2. The van der Waals surface area contributed by atoms with Gasteiger partial charge in [0, 0.05) is 12.3 Å². The molecule has 0 unspecified atom stereocenters. The third-order valence-electron chi connectivity index (χ3n) is 4.13. The van der Waals surface area contributed by atoms with E-state index < -0.39 is 11.8 Å². The highest BCUT2D eigenvalue weighted by Crippen LogP contribution is 2.19. The lowest BCUT2D eigenvalue weighted by Crippen LogP contribution is -2.17. The predicted molar refractivity (Wildman–Crippen MR) is 103 cm³/mol. The van der Waals surface area contributed by atoms with Crippen LogP contribution in [0.2, 0.25) is 0 Å². The molecule has 0 bridgehead atoms. The SMILES string of the molecule is Cc1cc(NC(=O)c2nc(C(=O)Nc3ccccc3C#N)n3ccccc23)no1. The molecule has 9 nitrogen and oxygen atoms in total. The van der Waals surface area contributed by atoms with Crippen LogP contribution in [-0.2, 0) is 0 Å². The van der Waals surface area contributed by atoms with Crippen LogP contribution >= 0.6 is 0 Å². The highest BCUT2D eigenvalue weighted by molar-refractivity contribution is 6.10. The van der Waals surface area contributed by atoms with Crippen molar-refractivity contribution in [3.05, 3.63) is 77.6 Å². The van der Waals surface area contributed by atoms with E-state index in [4.69, 9.17) is 4.52 Å². The summed E-state index contributed by atoms with van der Waals surface area (Å²) in [6, 6.07) is 15.3. The van der Waals surface area contributed by atoms with Gasteiger partial charge in [-0.05, 0) is 31.2 Å². The average Bonchev–Trinajstić information content (AvgIpc) is 3.32. The summed E-state index contributed by atoms with van der Waals surface area (Å²) < 4.78 is 6.45. The van der Waals surface area contributed by atoms with Gasteiger partial charge in [-0.2, -0.15) is 5.26 Å². The van der Waals surface area contributed by atoms with Crippen LogP contribution in [0.3, 0.4) is 0 Å². The molecule has 0 radical (unpaired) electrons. The fourth-order valence-corrected chi connectivity index (χ4v) is 2.83. The van der Waals surface area contributed by atoms with E-state index in [0.29, 0.717) is 22.5 Å². The van der Waals surface area contributed by atoms with Gasteiger partial charge in [0.05, 0.1) is 16.8 Å². The van der Waals surface area contributed by atoms with Crippen LogP contribution in [0.15, 0.2) is 59.3 Å². The number of nitriles is 1. The Morgan fingerprint density at radius 3 is 2.66 bits per heavy atom. The smallest absolute Gasteiger partial charge is 0.292 e. The molecule has 3 heterocycles. The minimum Gasteiger partial charge on any atom is -0.360 e. The van der Waals surface area contributed by atoms with E-state index in [1.807, 2.05) is 6.07 Å². The summed E-state index contributed by atoms with van der Waals surface area (Å²) in [4.78, 5) is 29.8. The van der Waals surface area contributed by atoms with Crippen LogP contribution in [0.4, 0.5) is 11.5 Å². The molecular formula is C20H14N6O3. The molecule has 0 saturated carbocycles. The Balaban J connectivity index is 1.69. The second-order valence-electron chi connectivity index (χ2n) is 6.13. The molecule has 9 heteroatoms. The number of nitrogens with zero attached hydrogens (tertiary/aromatic N) is 4. The summed E-state index contributed by atoms with van der Waals surface area (Å²) in [5.74, 6) is -0.275. The van der Waals surface area contributed by atoms with Crippen molar-refractivity contribution in [2.24, 2.45) is 0 Å². The molecule has 4 aromatic rings. The lowest BCUT2D eigenvalue weighted by Gasteiger charge is -2.05. The van der Waals surface area contributed by atoms with Gasteiger partial charge >= 0.3 is 0 Å². The number of hydrogen-bond donors (Lipinski definition) is 2. The van der Waals surface area contributed by atoms with E-state index in [9.17, 15) is 14.9 Å². The van der Waals surface area contributed by atoms with E-state index >= 15 is 0 Å². The van der Waals surface area contributed by atoms with Crippen molar-refractivity contribution >= 4 is 28.8 Å². The number of imidazole rings is 1. The monoisotopic (exact) mass is 386 g/mol. The van der Waals surface area contributed by atoms with E-state index in [2.05, 4.69) is 20.8 Å². The lowest BCUT2D eigenvalue weighted by atomic mass is 10.2. The number of benzene rings is 1. The third kappa shape index (κ3) is 3.42. The second kappa shape index (κ2) is 7.28. The number of para-hydroxylation sites is 1. The van der Waals surface area contributed by atoms with Gasteiger partial charge in [-0.3, -0.25) is 14.0 Å². The van der Waals surface area contributed by atoms with E-state index in [1.54, 1.807) is 61.7 Å². The van der Waals surface area contributed by atoms with Crippen molar-refractivity contribution in [2.45, 2.75) is 6.92 Å². The molecule has 3 aromatic heterocycles. The summed E-state index contributed by atoms with van der Waals surface area (Å²) in [7, 11) is 0. The summed E-state index contributed by atoms with van der Waals surface area (Å²) in [5.41, 5.74) is 1.19. The molecule has 0 aliphatic rings. The third-order valence-corrected chi connectivity index (χ3v) is 4.13. The number of carbonyl (C=O) groups excluding carboxylic acids is 2. The van der Waals surface area contributed by atoms with Crippen LogP contribution in [0.5, 0.6) is 0 Å². The normalized spacial score (nSPS) is 10.5. The number of hydrogen-bond acceptors (Lipinski definition) is 6. The minimum atomic E-state index is -0.551. The Bertz CT molecular complexity index is 1280. The Morgan fingerprint density at radius 2 is 1.90 bits per heavy atom. The van der Waals surface area contributed by atoms with Crippen LogP contribution in [0, 0.1) is 18.3 Å². The number of amides is 2. The van der Waals surface area contributed by atoms with E-state index in [0.717, 1.165) is 0 Å². The first-order chi connectivity index (χ1) is 14.1. The lowest BCUT2D eigenvalue weighted by molar-refractivity contribution is 0.101. The number of aromatic nitrogens is 3. The average molecular weight is 386 g/mol. The Morgan fingerprint density at radius 1 is 1.10 bits per heavy atom. The predicted octanol–water partition coefficient (Wildman–Crippen LogP) is 3.01. The van der Waals surface area contributed by atoms with Gasteiger partial charge in [-0.25, -0.2) is 4.98 Å². The number of carbonyl (C=O) groups is 2. The van der Waals surface area contributed by atoms with E-state index in [-0.39, 0.29) is 17.3 Å². The summed E-state index contributed by atoms with van der Waals surface area (Å²) in [5, 5.41) is 18.2. The molecule has 0 aliphatic carbocycles. The molecule has 29 heavy (non-hydrogen) atoms. The summed E-state index contributed by atoms with van der Waals surface area (Å²) >= 11 is 0. The van der Waals surface area contributed by atoms with Crippen LogP contribution in [0.1, 0.15) is 32.4 Å². The number of nitrogens with one attached hydrogen (secondary N) is 2. The molecule has 2 amide bonds. The molecule has 0 atom stereocenters. The van der Waals surface area contributed by atoms with Gasteiger partial charge in [0.1, 0.15) is 11.8 Å². The standard InChI is InChI=1S/C20H14N6O3/c1-12-10-16(25-29-12)23-19(27)17-15-8-4-5-9-26(15)18(24-17)20(28)22-14-7-3-2-6-13(14)11-21/h2-10H,1H3,(H,22,28)(H,23,25,27). The largest absolute Gasteiger partial charge is 0.360 e. The number of pyridine rings is 1. The molecule has 1 aromatic carbocycles. The number of fused-ring (bicyclic) bond motifs is 1. The summed E-state index contributed by atoms with van der Waals surface area (Å²) in [6.45, 7) is 1.70. The maximum Gasteiger partial charge on any atom is 0.292 e. The summed E-state index contributed by atoms with van der Waals surface area (Å²) in [6.07, 6.45) is 1.63. The minimum absolute atomic E-state index is 0.00910. The Labute approximate surface area is 164 Å². The van der Waals surface area contributed by atoms with Crippen LogP contribution < -0.4 is 10.6 Å². The first kappa shape index (κ1) is 17.9. The zero-order valence-electron chi connectivity index (χ0n) is 15.2. The van der Waals surface area contributed by atoms with Crippen molar-refractivity contribution in [3.8, 4) is 6.07 Å². The maximum absolute atomic E-state index is 12.8. The second-order valence-corrected chi connectivity index (χ2v) is 6.13. The molecule has 0 aliphatic heterocycles. The van der Waals surface area contributed by atoms with Gasteiger partial charge in [0.15, 0.2) is 11.5 Å². The van der Waals surface area contributed by atoms with Gasteiger partial charge in [-0.1, -0.05) is 23.4 Å². The van der Waals surface area contributed by atoms with Crippen molar-refractivity contribution < 1.29 is 14.1 Å². The zero-order chi connectivity index (χ0) is 20.4. The molecule has 4 rings (SSSR count). The number of rotatable bonds is 4. The molecule has 0 fully saturated rings. The van der Waals surface area contributed by atoms with Gasteiger partial charge in [0.2, 0.25) is 5.82 Å². The van der Waals surface area contributed by atoms with Crippen molar-refractivity contribution in [1.82, 2.24) is 14.5 Å². The molecule has 142 valence electrons. The van der Waals surface area contributed by atoms with Crippen LogP contribution in [-0.4, -0.2) is 26.4 Å². The highest BCUT2D eigenvalue weighted by Gasteiger charge is 2.22. The van der Waals surface area contributed by atoms with Crippen molar-refractivity contribution in [3.63, 3.8) is 0 Å². The maximum atomic E-state index is 12.8. The molecule has 2 N–H and O–H groups in total. The first-order valence-corrected chi connectivity index (χ1v) is 8.59.